The number of rotatable bonds is 5. The molecule has 1 saturated heterocycles. The van der Waals surface area contributed by atoms with Gasteiger partial charge < -0.3 is 15.5 Å². The summed E-state index contributed by atoms with van der Waals surface area (Å²) >= 11 is 0. The van der Waals surface area contributed by atoms with Crippen LogP contribution in [0, 0.1) is 0 Å². The minimum atomic E-state index is -3.05. The molecule has 0 aliphatic carbocycles. The number of anilines is 1. The Hall–Kier alpha value is -1.10. The molecule has 25 heavy (non-hydrogen) atoms. The minimum Gasteiger partial charge on any atom is -0.383 e. The van der Waals surface area contributed by atoms with Crippen molar-refractivity contribution in [2.75, 3.05) is 43.8 Å². The Kier molecular flexibility index (Phi) is 8.39. The van der Waals surface area contributed by atoms with E-state index in [1.54, 1.807) is 26.2 Å². The van der Waals surface area contributed by atoms with Gasteiger partial charge in [-0.3, -0.25) is 9.98 Å². The van der Waals surface area contributed by atoms with Crippen molar-refractivity contribution in [1.82, 2.24) is 15.2 Å². The molecular weight excluding hydrogens is 453 g/mol. The van der Waals surface area contributed by atoms with Gasteiger partial charge in [-0.05, 0) is 32.9 Å². The lowest BCUT2D eigenvalue weighted by molar-refractivity contribution is 0.353. The number of sulfone groups is 1. The average Bonchev–Trinajstić information content (AvgIpc) is 2.54. The number of halogens is 1. The van der Waals surface area contributed by atoms with Crippen LogP contribution in [0.25, 0.3) is 0 Å². The molecule has 2 heterocycles. The van der Waals surface area contributed by atoms with E-state index in [1.807, 2.05) is 24.0 Å². The fourth-order valence-electron chi connectivity index (χ4n) is 2.58. The molecule has 0 amide bonds. The highest BCUT2D eigenvalue weighted by molar-refractivity contribution is 14.0. The van der Waals surface area contributed by atoms with Gasteiger partial charge in [-0.1, -0.05) is 0 Å². The summed E-state index contributed by atoms with van der Waals surface area (Å²) in [5.74, 6) is 0.941. The predicted octanol–water partition coefficient (Wildman–Crippen LogP) is 1.59. The van der Waals surface area contributed by atoms with Crippen molar-refractivity contribution in [1.29, 1.82) is 0 Å². The van der Waals surface area contributed by atoms with Crippen LogP contribution in [0.3, 0.4) is 0 Å². The Morgan fingerprint density at radius 1 is 1.36 bits per heavy atom. The first-order chi connectivity index (χ1) is 11.4. The van der Waals surface area contributed by atoms with Gasteiger partial charge in [0.15, 0.2) is 15.8 Å². The van der Waals surface area contributed by atoms with E-state index >= 15 is 0 Å². The van der Waals surface area contributed by atoms with Crippen molar-refractivity contribution in [2.45, 2.75) is 25.5 Å². The minimum absolute atomic E-state index is 0. The summed E-state index contributed by atoms with van der Waals surface area (Å²) in [6, 6.07) is 3.82. The van der Waals surface area contributed by atoms with Gasteiger partial charge in [-0.2, -0.15) is 0 Å². The molecule has 1 aromatic rings. The second kappa shape index (κ2) is 9.56. The Bertz CT molecular complexity index is 664. The summed E-state index contributed by atoms with van der Waals surface area (Å²) in [5.41, 5.74) is 1.01. The highest BCUT2D eigenvalue weighted by Gasteiger charge is 2.40. The molecule has 142 valence electrons. The van der Waals surface area contributed by atoms with Gasteiger partial charge in [-0.25, -0.2) is 8.42 Å². The maximum Gasteiger partial charge on any atom is 0.194 e. The van der Waals surface area contributed by atoms with Crippen molar-refractivity contribution in [2.24, 2.45) is 4.99 Å². The van der Waals surface area contributed by atoms with Crippen LogP contribution in [-0.4, -0.2) is 67.5 Å². The fraction of sp³-hybridized carbons (Fsp3) is 0.625. The molecule has 1 aliphatic heterocycles. The topological polar surface area (TPSA) is 86.7 Å². The van der Waals surface area contributed by atoms with Crippen molar-refractivity contribution >= 4 is 45.5 Å². The molecule has 2 N–H and O–H groups in total. The monoisotopic (exact) mass is 481 g/mol. The van der Waals surface area contributed by atoms with E-state index in [4.69, 9.17) is 0 Å². The van der Waals surface area contributed by atoms with Gasteiger partial charge in [-0.15, -0.1) is 24.0 Å². The second-order valence-electron chi connectivity index (χ2n) is 6.40. The first kappa shape index (κ1) is 21.9. The number of nitrogens with one attached hydrogen (secondary N) is 2. The summed E-state index contributed by atoms with van der Waals surface area (Å²) in [6.45, 7) is 8.57. The lowest BCUT2D eigenvalue weighted by atomic mass is 10.2. The summed E-state index contributed by atoms with van der Waals surface area (Å²) in [4.78, 5) is 10.6. The van der Waals surface area contributed by atoms with Crippen LogP contribution in [0.1, 0.15) is 20.8 Å². The molecule has 0 saturated carbocycles. The van der Waals surface area contributed by atoms with E-state index in [0.717, 1.165) is 18.2 Å². The fourth-order valence-corrected chi connectivity index (χ4v) is 3.95. The van der Waals surface area contributed by atoms with Gasteiger partial charge >= 0.3 is 0 Å². The first-order valence-corrected chi connectivity index (χ1v) is 9.90. The van der Waals surface area contributed by atoms with Crippen LogP contribution in [0.4, 0.5) is 5.69 Å². The number of nitrogens with zero attached hydrogens (tertiary/aromatic N) is 3. The lowest BCUT2D eigenvalue weighted by Gasteiger charge is -2.39. The maximum atomic E-state index is 12.1. The standard InChI is InChI=1S/C16H27N5O2S.HI/c1-4-18-15(20-10-9-19-14-5-7-17-8-6-14)21-11-12-24(22,23)16(2,3)13-21;/h5-8H,4,9-13H2,1-3H3,(H,17,19)(H,18,20);1H. The molecular formula is C16H28IN5O2S. The zero-order valence-electron chi connectivity index (χ0n) is 15.0. The maximum absolute atomic E-state index is 12.1. The van der Waals surface area contributed by atoms with E-state index in [1.165, 1.54) is 0 Å². The summed E-state index contributed by atoms with van der Waals surface area (Å²) < 4.78 is 23.5. The quantitative estimate of drug-likeness (QED) is 0.288. The smallest absolute Gasteiger partial charge is 0.194 e. The van der Waals surface area contributed by atoms with Crippen LogP contribution in [0.2, 0.25) is 0 Å². The number of pyridine rings is 1. The molecule has 0 atom stereocenters. The number of aromatic nitrogens is 1. The number of guanidine groups is 1. The van der Waals surface area contributed by atoms with Gasteiger partial charge in [0.1, 0.15) is 0 Å². The second-order valence-corrected chi connectivity index (χ2v) is 9.14. The van der Waals surface area contributed by atoms with E-state index in [0.29, 0.717) is 26.2 Å². The molecule has 0 bridgehead atoms. The van der Waals surface area contributed by atoms with Gasteiger partial charge in [0, 0.05) is 44.3 Å². The van der Waals surface area contributed by atoms with E-state index < -0.39 is 14.6 Å². The average molecular weight is 481 g/mol. The third kappa shape index (κ3) is 5.98. The van der Waals surface area contributed by atoms with Crippen LogP contribution in [0.15, 0.2) is 29.5 Å². The van der Waals surface area contributed by atoms with Crippen LogP contribution in [0.5, 0.6) is 0 Å². The van der Waals surface area contributed by atoms with Crippen LogP contribution in [-0.2, 0) is 9.84 Å². The molecule has 7 nitrogen and oxygen atoms in total. The number of aliphatic imine (C=N–C) groups is 1. The zero-order chi connectivity index (χ0) is 17.6. The third-order valence-corrected chi connectivity index (χ3v) is 6.59. The van der Waals surface area contributed by atoms with E-state index in [9.17, 15) is 8.42 Å². The molecule has 0 radical (unpaired) electrons. The molecule has 0 aromatic carbocycles. The molecule has 2 rings (SSSR count). The van der Waals surface area contributed by atoms with Gasteiger partial charge in [0.05, 0.1) is 17.0 Å². The van der Waals surface area contributed by atoms with Crippen LogP contribution < -0.4 is 10.6 Å². The summed E-state index contributed by atoms with van der Waals surface area (Å²) in [7, 11) is -3.05. The van der Waals surface area contributed by atoms with Crippen molar-refractivity contribution in [3.63, 3.8) is 0 Å². The summed E-state index contributed by atoms with van der Waals surface area (Å²) in [5, 5.41) is 6.54. The molecule has 0 unspecified atom stereocenters. The normalized spacial score (nSPS) is 19.0. The molecule has 0 spiro atoms. The number of hydrogen-bond acceptors (Lipinski definition) is 5. The Labute approximate surface area is 167 Å². The Morgan fingerprint density at radius 2 is 2.04 bits per heavy atom. The van der Waals surface area contributed by atoms with Crippen molar-refractivity contribution < 1.29 is 8.42 Å². The zero-order valence-corrected chi connectivity index (χ0v) is 18.2. The highest BCUT2D eigenvalue weighted by Crippen LogP contribution is 2.23. The largest absolute Gasteiger partial charge is 0.383 e. The Morgan fingerprint density at radius 3 is 2.64 bits per heavy atom. The molecule has 1 aromatic heterocycles. The van der Waals surface area contributed by atoms with Crippen LogP contribution >= 0.6 is 24.0 Å². The van der Waals surface area contributed by atoms with E-state index in [-0.39, 0.29) is 29.7 Å². The highest BCUT2D eigenvalue weighted by atomic mass is 127. The van der Waals surface area contributed by atoms with Crippen molar-refractivity contribution in [3.05, 3.63) is 24.5 Å². The van der Waals surface area contributed by atoms with E-state index in [2.05, 4.69) is 20.6 Å². The third-order valence-electron chi connectivity index (χ3n) is 4.06. The SMILES string of the molecule is CCNC(=NCCNc1ccncc1)N1CCS(=O)(=O)C(C)(C)C1.I. The first-order valence-electron chi connectivity index (χ1n) is 8.25. The number of hydrogen-bond donors (Lipinski definition) is 2. The molecule has 1 fully saturated rings. The molecule has 1 aliphatic rings. The van der Waals surface area contributed by atoms with Gasteiger partial charge in [0.2, 0.25) is 0 Å². The Balaban J connectivity index is 0.00000312. The van der Waals surface area contributed by atoms with Crippen molar-refractivity contribution in [3.8, 4) is 0 Å². The van der Waals surface area contributed by atoms with Gasteiger partial charge in [0.25, 0.3) is 0 Å². The lowest BCUT2D eigenvalue weighted by Crippen LogP contribution is -2.57. The summed E-state index contributed by atoms with van der Waals surface area (Å²) in [6.07, 6.45) is 3.48. The molecule has 9 heteroatoms. The predicted molar refractivity (Wildman–Crippen MR) is 114 cm³/mol.